The van der Waals surface area contributed by atoms with Crippen molar-refractivity contribution >= 4 is 31.3 Å². The van der Waals surface area contributed by atoms with E-state index >= 15 is 0 Å². The summed E-state index contributed by atoms with van der Waals surface area (Å²) in [5.74, 6) is 5.29. The number of nitrogen functional groups attached to an aromatic ring is 1. The van der Waals surface area contributed by atoms with Gasteiger partial charge in [-0.25, -0.2) is 20.4 Å². The van der Waals surface area contributed by atoms with Crippen molar-refractivity contribution in [2.45, 2.75) is 6.42 Å². The first-order valence-corrected chi connectivity index (χ1v) is 7.95. The number of aromatic nitrogens is 2. The van der Waals surface area contributed by atoms with Crippen molar-refractivity contribution in [2.24, 2.45) is 11.8 Å². The SMILES string of the molecule is NOP(=O)(O)CCC(CO)CN1C=[N+]c2c(N)ncnc21. The summed E-state index contributed by atoms with van der Waals surface area (Å²) in [7, 11) is -3.79. The lowest BCUT2D eigenvalue weighted by atomic mass is 10.1. The molecular weight excluding hydrogens is 299 g/mol. The fraction of sp³-hybridized carbons (Fsp3) is 0.500. The second kappa shape index (κ2) is 6.46. The molecule has 0 saturated heterocycles. The monoisotopic (exact) mass is 316 g/mol. The van der Waals surface area contributed by atoms with E-state index in [0.29, 0.717) is 18.1 Å². The predicted molar refractivity (Wildman–Crippen MR) is 76.8 cm³/mol. The van der Waals surface area contributed by atoms with Gasteiger partial charge in [0.05, 0.1) is 12.7 Å². The molecule has 0 aliphatic carbocycles. The van der Waals surface area contributed by atoms with Crippen molar-refractivity contribution < 1.29 is 19.2 Å². The Kier molecular flexibility index (Phi) is 4.86. The van der Waals surface area contributed by atoms with Crippen LogP contribution in [0, 0.1) is 5.92 Å². The van der Waals surface area contributed by atoms with E-state index < -0.39 is 7.60 Å². The molecule has 21 heavy (non-hydrogen) atoms. The second-order valence-electron chi connectivity index (χ2n) is 4.63. The van der Waals surface area contributed by atoms with E-state index in [9.17, 15) is 14.6 Å². The molecule has 0 amide bonds. The minimum absolute atomic E-state index is 0.140. The number of rotatable bonds is 7. The van der Waals surface area contributed by atoms with Gasteiger partial charge >= 0.3 is 7.60 Å². The average Bonchev–Trinajstić information content (AvgIpc) is 2.88. The van der Waals surface area contributed by atoms with E-state index in [-0.39, 0.29) is 30.9 Å². The highest BCUT2D eigenvalue weighted by Gasteiger charge is 2.32. The molecule has 115 valence electrons. The molecule has 0 bridgehead atoms. The number of aliphatic imine (C=N–C) groups is 1. The van der Waals surface area contributed by atoms with Gasteiger partial charge in [0.1, 0.15) is 6.33 Å². The zero-order chi connectivity index (χ0) is 15.5. The summed E-state index contributed by atoms with van der Waals surface area (Å²) in [5.41, 5.74) is 6.17. The fourth-order valence-corrected chi connectivity index (χ4v) is 2.75. The van der Waals surface area contributed by atoms with Crippen molar-refractivity contribution in [3.63, 3.8) is 0 Å². The smallest absolute Gasteiger partial charge is 0.344 e. The van der Waals surface area contributed by atoms with Gasteiger partial charge in [-0.05, 0) is 11.4 Å². The molecule has 1 aromatic rings. The summed E-state index contributed by atoms with van der Waals surface area (Å²) in [5, 5.41) is 9.39. The molecule has 6 N–H and O–H groups in total. The average molecular weight is 316 g/mol. The third kappa shape index (κ3) is 3.74. The summed E-state index contributed by atoms with van der Waals surface area (Å²) in [4.78, 5) is 23.0. The Bertz CT molecular complexity index is 583. The third-order valence-electron chi connectivity index (χ3n) is 3.13. The Balaban J connectivity index is 2.00. The molecule has 0 fully saturated rings. The van der Waals surface area contributed by atoms with Crippen LogP contribution in [0.25, 0.3) is 0 Å². The number of fused-ring (bicyclic) bond motifs is 1. The fourth-order valence-electron chi connectivity index (χ4n) is 1.95. The van der Waals surface area contributed by atoms with E-state index in [4.69, 9.17) is 11.6 Å². The number of hydrogen-bond donors (Lipinski definition) is 4. The number of nitrogens with two attached hydrogens (primary N) is 2. The highest BCUT2D eigenvalue weighted by Crippen LogP contribution is 2.41. The van der Waals surface area contributed by atoms with Gasteiger partial charge in [-0.1, -0.05) is 0 Å². The molecule has 0 saturated carbocycles. The van der Waals surface area contributed by atoms with Crippen molar-refractivity contribution in [3.05, 3.63) is 6.33 Å². The minimum Gasteiger partial charge on any atom is -0.396 e. The number of nitrogens with zero attached hydrogens (tertiary/aromatic N) is 4. The van der Waals surface area contributed by atoms with E-state index in [2.05, 4.69) is 19.6 Å². The molecular formula is C10H17N6O4P+. The Morgan fingerprint density at radius 3 is 2.95 bits per heavy atom. The summed E-state index contributed by atoms with van der Waals surface area (Å²) < 4.78 is 15.4. The predicted octanol–water partition coefficient (Wildman–Crippen LogP) is -1.05. The molecule has 11 heteroatoms. The van der Waals surface area contributed by atoms with Crippen LogP contribution >= 0.6 is 7.60 Å². The van der Waals surface area contributed by atoms with Crippen LogP contribution in [0.15, 0.2) is 6.33 Å². The maximum absolute atomic E-state index is 11.3. The Morgan fingerprint density at radius 1 is 1.52 bits per heavy atom. The summed E-state index contributed by atoms with van der Waals surface area (Å²) >= 11 is 0. The van der Waals surface area contributed by atoms with E-state index in [0.717, 1.165) is 0 Å². The van der Waals surface area contributed by atoms with E-state index in [1.165, 1.54) is 12.7 Å². The van der Waals surface area contributed by atoms with Crippen LogP contribution in [-0.4, -0.2) is 45.6 Å². The van der Waals surface area contributed by atoms with Gasteiger partial charge in [0.2, 0.25) is 0 Å². The maximum Gasteiger partial charge on any atom is 0.344 e. The number of aliphatic hydroxyl groups excluding tert-OH is 1. The first-order valence-electron chi connectivity index (χ1n) is 6.19. The van der Waals surface area contributed by atoms with Crippen LogP contribution in [0.5, 0.6) is 0 Å². The first-order chi connectivity index (χ1) is 9.96. The van der Waals surface area contributed by atoms with Gasteiger partial charge < -0.3 is 15.7 Å². The Hall–Kier alpha value is -1.58. The standard InChI is InChI=1S/C10H17N6O4P/c11-9-8-10(14-5-13-9)16(6-15-8)3-7(4-17)1-2-21(18,19)20-12/h5-7,17H,1-4,12H2,(H,18,19)(H2,11,13,14)/q+1. The van der Waals surface area contributed by atoms with Crippen LogP contribution in [0.4, 0.5) is 17.3 Å². The van der Waals surface area contributed by atoms with Gasteiger partial charge in [0.15, 0.2) is 5.82 Å². The molecule has 2 heterocycles. The van der Waals surface area contributed by atoms with Crippen LogP contribution in [0.3, 0.4) is 0 Å². The van der Waals surface area contributed by atoms with Gasteiger partial charge in [0, 0.05) is 12.5 Å². The largest absolute Gasteiger partial charge is 0.396 e. The Labute approximate surface area is 121 Å². The molecule has 10 nitrogen and oxygen atoms in total. The van der Waals surface area contributed by atoms with E-state index in [1.54, 1.807) is 4.90 Å². The van der Waals surface area contributed by atoms with Crippen LogP contribution < -0.4 is 21.5 Å². The molecule has 0 spiro atoms. The minimum atomic E-state index is -3.79. The second-order valence-corrected chi connectivity index (χ2v) is 6.56. The highest BCUT2D eigenvalue weighted by molar-refractivity contribution is 7.52. The van der Waals surface area contributed by atoms with Crippen LogP contribution in [-0.2, 0) is 9.19 Å². The van der Waals surface area contributed by atoms with E-state index in [1.807, 2.05) is 0 Å². The molecule has 1 aliphatic heterocycles. The lowest BCUT2D eigenvalue weighted by molar-refractivity contribution is 0.221. The topological polar surface area (TPSA) is 162 Å². The Morgan fingerprint density at radius 2 is 2.29 bits per heavy atom. The first kappa shape index (κ1) is 15.8. The third-order valence-corrected chi connectivity index (χ3v) is 4.28. The zero-order valence-corrected chi connectivity index (χ0v) is 12.1. The molecule has 2 unspecified atom stereocenters. The van der Waals surface area contributed by atoms with Crippen molar-refractivity contribution in [1.82, 2.24) is 15.0 Å². The van der Waals surface area contributed by atoms with Gasteiger partial charge in [-0.3, -0.25) is 4.57 Å². The summed E-state index contributed by atoms with van der Waals surface area (Å²) in [6.07, 6.45) is 2.99. The zero-order valence-electron chi connectivity index (χ0n) is 11.2. The molecule has 1 radical (unpaired) electrons. The lowest BCUT2D eigenvalue weighted by Gasteiger charge is -2.17. The maximum atomic E-state index is 11.3. The number of hydrogen-bond acceptors (Lipinski definition) is 9. The summed E-state index contributed by atoms with van der Waals surface area (Å²) in [6, 6.07) is 0. The van der Waals surface area contributed by atoms with Crippen LogP contribution in [0.2, 0.25) is 0 Å². The van der Waals surface area contributed by atoms with Crippen molar-refractivity contribution in [3.8, 4) is 0 Å². The number of anilines is 2. The highest BCUT2D eigenvalue weighted by atomic mass is 31.2. The van der Waals surface area contributed by atoms with Gasteiger partial charge in [-0.15, -0.1) is 0 Å². The normalized spacial score (nSPS) is 17.6. The molecule has 1 aromatic heterocycles. The molecule has 0 aromatic carbocycles. The molecule has 1 aliphatic rings. The molecule has 2 atom stereocenters. The van der Waals surface area contributed by atoms with Crippen molar-refractivity contribution in [2.75, 3.05) is 29.9 Å². The summed E-state index contributed by atoms with van der Waals surface area (Å²) in [6.45, 7) is 0.207. The molecule has 2 rings (SSSR count). The van der Waals surface area contributed by atoms with Gasteiger partial charge in [0.25, 0.3) is 17.8 Å². The van der Waals surface area contributed by atoms with Crippen LogP contribution in [0.1, 0.15) is 6.42 Å². The quantitative estimate of drug-likeness (QED) is 0.363. The number of aliphatic hydroxyl groups is 1. The van der Waals surface area contributed by atoms with Gasteiger partial charge in [-0.2, -0.15) is 4.98 Å². The van der Waals surface area contributed by atoms with Crippen molar-refractivity contribution in [1.29, 1.82) is 0 Å². The lowest BCUT2D eigenvalue weighted by Crippen LogP contribution is -2.30.